The highest BCUT2D eigenvalue weighted by molar-refractivity contribution is 7.91. The molecular formula is C14H20O4S. The SMILES string of the molecule is CCS(=O)(=O)CCCOc1ccc2c(c1)CC[C@H]2O. The Morgan fingerprint density at radius 2 is 2.21 bits per heavy atom. The van der Waals surface area contributed by atoms with Gasteiger partial charge in [-0.2, -0.15) is 0 Å². The standard InChI is InChI=1S/C14H20O4S/c1-2-19(16,17)9-3-8-18-12-5-6-13-11(10-12)4-7-14(13)15/h5-6,10,14-15H,2-4,7-9H2,1H3/t14-/m1/s1. The Balaban J connectivity index is 1.85. The third-order valence-corrected chi connectivity index (χ3v) is 5.26. The number of aliphatic hydroxyl groups excluding tert-OH is 1. The van der Waals surface area contributed by atoms with E-state index < -0.39 is 9.84 Å². The van der Waals surface area contributed by atoms with Crippen LogP contribution in [0.2, 0.25) is 0 Å². The van der Waals surface area contributed by atoms with Crippen LogP contribution in [0.4, 0.5) is 0 Å². The van der Waals surface area contributed by atoms with Crippen molar-refractivity contribution in [2.45, 2.75) is 32.3 Å². The van der Waals surface area contributed by atoms with Gasteiger partial charge in [0.2, 0.25) is 0 Å². The van der Waals surface area contributed by atoms with Crippen molar-refractivity contribution in [3.8, 4) is 5.75 Å². The second kappa shape index (κ2) is 5.92. The average molecular weight is 284 g/mol. The Hall–Kier alpha value is -1.07. The first-order valence-electron chi connectivity index (χ1n) is 6.66. The lowest BCUT2D eigenvalue weighted by Gasteiger charge is -2.09. The number of aryl methyl sites for hydroxylation is 1. The van der Waals surface area contributed by atoms with Crippen LogP contribution in [0.15, 0.2) is 18.2 Å². The van der Waals surface area contributed by atoms with Gasteiger partial charge in [0.1, 0.15) is 15.6 Å². The van der Waals surface area contributed by atoms with Gasteiger partial charge in [0, 0.05) is 5.75 Å². The third-order valence-electron chi connectivity index (χ3n) is 3.47. The van der Waals surface area contributed by atoms with Crippen molar-refractivity contribution in [3.63, 3.8) is 0 Å². The molecule has 4 nitrogen and oxygen atoms in total. The Morgan fingerprint density at radius 1 is 1.42 bits per heavy atom. The van der Waals surface area contributed by atoms with Crippen molar-refractivity contribution >= 4 is 9.84 Å². The molecule has 1 aromatic rings. The van der Waals surface area contributed by atoms with E-state index in [9.17, 15) is 13.5 Å². The molecule has 1 aliphatic carbocycles. The van der Waals surface area contributed by atoms with Crippen molar-refractivity contribution in [1.82, 2.24) is 0 Å². The number of hydrogen-bond acceptors (Lipinski definition) is 4. The first-order chi connectivity index (χ1) is 9.02. The van der Waals surface area contributed by atoms with Crippen LogP contribution in [-0.2, 0) is 16.3 Å². The van der Waals surface area contributed by atoms with Crippen LogP contribution in [0.1, 0.15) is 37.0 Å². The van der Waals surface area contributed by atoms with Crippen molar-refractivity contribution in [1.29, 1.82) is 0 Å². The van der Waals surface area contributed by atoms with Crippen molar-refractivity contribution in [3.05, 3.63) is 29.3 Å². The third kappa shape index (κ3) is 3.70. The van der Waals surface area contributed by atoms with Gasteiger partial charge in [0.15, 0.2) is 0 Å². The zero-order valence-corrected chi connectivity index (χ0v) is 11.9. The fraction of sp³-hybridized carbons (Fsp3) is 0.571. The van der Waals surface area contributed by atoms with Gasteiger partial charge >= 0.3 is 0 Å². The van der Waals surface area contributed by atoms with E-state index in [0.29, 0.717) is 13.0 Å². The van der Waals surface area contributed by atoms with Gasteiger partial charge in [0.05, 0.1) is 18.5 Å². The molecular weight excluding hydrogens is 264 g/mol. The summed E-state index contributed by atoms with van der Waals surface area (Å²) in [7, 11) is -2.90. The van der Waals surface area contributed by atoms with E-state index in [1.807, 2.05) is 18.2 Å². The van der Waals surface area contributed by atoms with Crippen LogP contribution in [0.25, 0.3) is 0 Å². The Labute approximate surface area is 114 Å². The normalized spacial score (nSPS) is 18.3. The van der Waals surface area contributed by atoms with Gasteiger partial charge in [-0.05, 0) is 42.5 Å². The zero-order valence-electron chi connectivity index (χ0n) is 11.1. The highest BCUT2D eigenvalue weighted by Crippen LogP contribution is 2.33. The molecule has 0 fully saturated rings. The first kappa shape index (κ1) is 14.3. The maximum atomic E-state index is 11.3. The summed E-state index contributed by atoms with van der Waals surface area (Å²) in [6.07, 6.45) is 1.81. The molecule has 106 valence electrons. The molecule has 0 radical (unpaired) electrons. The van der Waals surface area contributed by atoms with Crippen LogP contribution in [0.3, 0.4) is 0 Å². The van der Waals surface area contributed by atoms with Crippen molar-refractivity contribution < 1.29 is 18.3 Å². The fourth-order valence-corrected chi connectivity index (χ4v) is 3.12. The molecule has 1 N–H and O–H groups in total. The molecule has 0 spiro atoms. The number of sulfone groups is 1. The van der Waals surface area contributed by atoms with Crippen LogP contribution in [0.5, 0.6) is 5.75 Å². The van der Waals surface area contributed by atoms with E-state index in [0.717, 1.165) is 29.7 Å². The minimum atomic E-state index is -2.90. The number of ether oxygens (including phenoxy) is 1. The molecule has 1 aliphatic rings. The van der Waals surface area contributed by atoms with Crippen LogP contribution in [0, 0.1) is 0 Å². The molecule has 0 saturated heterocycles. The smallest absolute Gasteiger partial charge is 0.150 e. The van der Waals surface area contributed by atoms with Gasteiger partial charge in [-0.25, -0.2) is 8.42 Å². The van der Waals surface area contributed by atoms with Gasteiger partial charge in [-0.15, -0.1) is 0 Å². The van der Waals surface area contributed by atoms with Crippen molar-refractivity contribution in [2.24, 2.45) is 0 Å². The van der Waals surface area contributed by atoms with E-state index >= 15 is 0 Å². The van der Waals surface area contributed by atoms with E-state index in [1.165, 1.54) is 0 Å². The quantitative estimate of drug-likeness (QED) is 0.810. The van der Waals surface area contributed by atoms with E-state index in [4.69, 9.17) is 4.74 Å². The molecule has 0 saturated carbocycles. The predicted molar refractivity (Wildman–Crippen MR) is 74.2 cm³/mol. The van der Waals surface area contributed by atoms with Crippen LogP contribution >= 0.6 is 0 Å². The molecule has 0 aliphatic heterocycles. The van der Waals surface area contributed by atoms with E-state index in [-0.39, 0.29) is 17.6 Å². The summed E-state index contributed by atoms with van der Waals surface area (Å²) in [4.78, 5) is 0. The maximum Gasteiger partial charge on any atom is 0.150 e. The van der Waals surface area contributed by atoms with Crippen LogP contribution < -0.4 is 4.74 Å². The van der Waals surface area contributed by atoms with Crippen LogP contribution in [-0.4, -0.2) is 31.6 Å². The zero-order chi connectivity index (χ0) is 13.9. The molecule has 1 atom stereocenters. The molecule has 1 aromatic carbocycles. The number of fused-ring (bicyclic) bond motifs is 1. The van der Waals surface area contributed by atoms with Crippen molar-refractivity contribution in [2.75, 3.05) is 18.1 Å². The van der Waals surface area contributed by atoms with E-state index in [2.05, 4.69) is 0 Å². The monoisotopic (exact) mass is 284 g/mol. The second-order valence-electron chi connectivity index (χ2n) is 4.85. The Morgan fingerprint density at radius 3 is 2.95 bits per heavy atom. The van der Waals surface area contributed by atoms with E-state index in [1.54, 1.807) is 6.92 Å². The summed E-state index contributed by atoms with van der Waals surface area (Å²) in [5.74, 6) is 1.11. The molecule has 19 heavy (non-hydrogen) atoms. The molecule has 0 heterocycles. The largest absolute Gasteiger partial charge is 0.494 e. The summed E-state index contributed by atoms with van der Waals surface area (Å²) < 4.78 is 28.2. The lowest BCUT2D eigenvalue weighted by atomic mass is 10.1. The van der Waals surface area contributed by atoms with Gasteiger partial charge in [0.25, 0.3) is 0 Å². The summed E-state index contributed by atoms with van der Waals surface area (Å²) in [5, 5.41) is 9.70. The topological polar surface area (TPSA) is 63.6 Å². The summed E-state index contributed by atoms with van der Waals surface area (Å²) in [6.45, 7) is 2.06. The lowest BCUT2D eigenvalue weighted by Crippen LogP contribution is -2.11. The Kier molecular flexibility index (Phi) is 4.47. The number of rotatable bonds is 6. The molecule has 0 aromatic heterocycles. The molecule has 0 amide bonds. The minimum Gasteiger partial charge on any atom is -0.494 e. The molecule has 0 unspecified atom stereocenters. The number of hydrogen-bond donors (Lipinski definition) is 1. The lowest BCUT2D eigenvalue weighted by molar-refractivity contribution is 0.180. The molecule has 2 rings (SSSR count). The highest BCUT2D eigenvalue weighted by atomic mass is 32.2. The summed E-state index contributed by atoms with van der Waals surface area (Å²) in [6, 6.07) is 5.67. The second-order valence-corrected chi connectivity index (χ2v) is 7.33. The fourth-order valence-electron chi connectivity index (χ4n) is 2.27. The minimum absolute atomic E-state index is 0.174. The molecule has 5 heteroatoms. The summed E-state index contributed by atoms with van der Waals surface area (Å²) >= 11 is 0. The maximum absolute atomic E-state index is 11.3. The van der Waals surface area contributed by atoms with Gasteiger partial charge in [-0.3, -0.25) is 0 Å². The predicted octanol–water partition coefficient (Wildman–Crippen LogP) is 1.87. The number of benzene rings is 1. The number of aliphatic hydroxyl groups is 1. The van der Waals surface area contributed by atoms with Gasteiger partial charge in [-0.1, -0.05) is 13.0 Å². The average Bonchev–Trinajstić information content (AvgIpc) is 2.76. The Bertz CT molecular complexity index is 536. The van der Waals surface area contributed by atoms with Gasteiger partial charge < -0.3 is 9.84 Å². The summed E-state index contributed by atoms with van der Waals surface area (Å²) in [5.41, 5.74) is 2.12. The molecule has 0 bridgehead atoms. The highest BCUT2D eigenvalue weighted by Gasteiger charge is 2.20. The first-order valence-corrected chi connectivity index (χ1v) is 8.48.